The van der Waals surface area contributed by atoms with Crippen LogP contribution >= 0.6 is 0 Å². The Morgan fingerprint density at radius 3 is 2.53 bits per heavy atom. The van der Waals surface area contributed by atoms with Crippen LogP contribution in [0.3, 0.4) is 0 Å². The molecule has 0 aromatic heterocycles. The van der Waals surface area contributed by atoms with Crippen molar-refractivity contribution in [1.82, 2.24) is 5.32 Å². The van der Waals surface area contributed by atoms with E-state index in [9.17, 15) is 13.5 Å². The first kappa shape index (κ1) is 14.3. The molecule has 1 aromatic rings. The van der Waals surface area contributed by atoms with Gasteiger partial charge in [-0.3, -0.25) is 0 Å². The third-order valence-electron chi connectivity index (χ3n) is 3.69. The second-order valence-corrected chi connectivity index (χ2v) is 7.68. The maximum absolute atomic E-state index is 11.4. The molecule has 1 aliphatic rings. The van der Waals surface area contributed by atoms with Crippen molar-refractivity contribution in [2.24, 2.45) is 0 Å². The van der Waals surface area contributed by atoms with Crippen LogP contribution in [0.15, 0.2) is 18.2 Å². The molecule has 2 rings (SSSR count). The zero-order chi connectivity index (χ0) is 14.0. The summed E-state index contributed by atoms with van der Waals surface area (Å²) in [6, 6.07) is 5.87. The van der Waals surface area contributed by atoms with Crippen molar-refractivity contribution in [1.29, 1.82) is 0 Å². The molecule has 1 aromatic carbocycles. The molecular formula is C14H21NO3S. The number of phenolic OH excluding ortho intramolecular Hbond substituents is 1. The first-order valence-corrected chi connectivity index (χ1v) is 8.45. The first-order chi connectivity index (χ1) is 8.87. The van der Waals surface area contributed by atoms with E-state index in [4.69, 9.17) is 0 Å². The Morgan fingerprint density at radius 1 is 1.32 bits per heavy atom. The van der Waals surface area contributed by atoms with Gasteiger partial charge < -0.3 is 10.4 Å². The molecule has 1 atom stereocenters. The van der Waals surface area contributed by atoms with Crippen LogP contribution < -0.4 is 5.32 Å². The molecule has 2 N–H and O–H groups in total. The fourth-order valence-corrected chi connectivity index (χ4v) is 4.01. The molecule has 4 nitrogen and oxygen atoms in total. The van der Waals surface area contributed by atoms with Gasteiger partial charge in [-0.1, -0.05) is 12.1 Å². The van der Waals surface area contributed by atoms with Gasteiger partial charge in [-0.25, -0.2) is 8.42 Å². The topological polar surface area (TPSA) is 66.4 Å². The minimum atomic E-state index is -2.82. The summed E-state index contributed by atoms with van der Waals surface area (Å²) in [4.78, 5) is 0. The third-order valence-corrected chi connectivity index (χ3v) is 5.41. The highest BCUT2D eigenvalue weighted by molar-refractivity contribution is 7.91. The molecule has 0 amide bonds. The predicted molar refractivity (Wildman–Crippen MR) is 76.1 cm³/mol. The molecule has 0 bridgehead atoms. The Morgan fingerprint density at radius 2 is 1.95 bits per heavy atom. The highest BCUT2D eigenvalue weighted by atomic mass is 32.2. The first-order valence-electron chi connectivity index (χ1n) is 6.63. The van der Waals surface area contributed by atoms with Crippen molar-refractivity contribution in [3.05, 3.63) is 29.3 Å². The van der Waals surface area contributed by atoms with Crippen LogP contribution in [0.5, 0.6) is 5.75 Å². The van der Waals surface area contributed by atoms with Crippen LogP contribution in [0.25, 0.3) is 0 Å². The highest BCUT2D eigenvalue weighted by Crippen LogP contribution is 2.26. The number of benzene rings is 1. The maximum atomic E-state index is 11.4. The average Bonchev–Trinajstić information content (AvgIpc) is 2.31. The maximum Gasteiger partial charge on any atom is 0.150 e. The molecule has 1 saturated heterocycles. The third kappa shape index (κ3) is 3.70. The zero-order valence-corrected chi connectivity index (χ0v) is 12.2. The van der Waals surface area contributed by atoms with E-state index >= 15 is 0 Å². The number of sulfone groups is 1. The highest BCUT2D eigenvalue weighted by Gasteiger charge is 2.25. The quantitative estimate of drug-likeness (QED) is 0.889. The lowest BCUT2D eigenvalue weighted by molar-refractivity contribution is 0.403. The van der Waals surface area contributed by atoms with E-state index in [-0.39, 0.29) is 23.6 Å². The van der Waals surface area contributed by atoms with E-state index in [1.54, 1.807) is 6.07 Å². The fourth-order valence-electron chi connectivity index (χ4n) is 2.52. The second kappa shape index (κ2) is 5.51. The van der Waals surface area contributed by atoms with Crippen LogP contribution in [0.4, 0.5) is 0 Å². The van der Waals surface area contributed by atoms with E-state index in [0.717, 1.165) is 11.1 Å². The van der Waals surface area contributed by atoms with Crippen LogP contribution in [-0.2, 0) is 9.84 Å². The predicted octanol–water partition coefficient (Wildman–Crippen LogP) is 1.93. The molecule has 5 heteroatoms. The number of hydrogen-bond donors (Lipinski definition) is 2. The summed E-state index contributed by atoms with van der Waals surface area (Å²) < 4.78 is 22.8. The van der Waals surface area contributed by atoms with Crippen LogP contribution in [0.2, 0.25) is 0 Å². The van der Waals surface area contributed by atoms with E-state index in [1.165, 1.54) is 0 Å². The molecule has 0 radical (unpaired) electrons. The van der Waals surface area contributed by atoms with Gasteiger partial charge >= 0.3 is 0 Å². The molecule has 1 unspecified atom stereocenters. The van der Waals surface area contributed by atoms with Crippen molar-refractivity contribution in [3.63, 3.8) is 0 Å². The van der Waals surface area contributed by atoms with Gasteiger partial charge in [0.1, 0.15) is 15.6 Å². The lowest BCUT2D eigenvalue weighted by atomic mass is 10.0. The Labute approximate surface area is 114 Å². The Kier molecular flexibility index (Phi) is 4.16. The minimum absolute atomic E-state index is 0.0198. The van der Waals surface area contributed by atoms with Crippen molar-refractivity contribution >= 4 is 9.84 Å². The largest absolute Gasteiger partial charge is 0.508 e. The molecule has 1 aliphatic heterocycles. The molecule has 1 heterocycles. The number of aryl methyl sites for hydroxylation is 1. The smallest absolute Gasteiger partial charge is 0.150 e. The van der Waals surface area contributed by atoms with Crippen molar-refractivity contribution in [2.75, 3.05) is 11.5 Å². The van der Waals surface area contributed by atoms with Crippen molar-refractivity contribution < 1.29 is 13.5 Å². The summed E-state index contributed by atoms with van der Waals surface area (Å²) >= 11 is 0. The monoisotopic (exact) mass is 283 g/mol. The summed E-state index contributed by atoms with van der Waals surface area (Å²) in [7, 11) is -2.82. The van der Waals surface area contributed by atoms with Gasteiger partial charge in [0.15, 0.2) is 0 Å². The molecule has 19 heavy (non-hydrogen) atoms. The summed E-state index contributed by atoms with van der Waals surface area (Å²) in [6.07, 6.45) is 1.30. The standard InChI is InChI=1S/C14H21NO3S/c1-10-3-4-13(14(16)9-10)11(2)15-12-5-7-19(17,18)8-6-12/h3-4,9,11-12,15-16H,5-8H2,1-2H3. The van der Waals surface area contributed by atoms with Crippen LogP contribution in [0, 0.1) is 6.92 Å². The van der Waals surface area contributed by atoms with Crippen LogP contribution in [0.1, 0.15) is 36.9 Å². The SMILES string of the molecule is Cc1ccc(C(C)NC2CCS(=O)(=O)CC2)c(O)c1. The van der Waals surface area contributed by atoms with Gasteiger partial charge in [0, 0.05) is 17.6 Å². The number of phenols is 1. The number of rotatable bonds is 3. The van der Waals surface area contributed by atoms with Gasteiger partial charge in [-0.05, 0) is 38.3 Å². The molecule has 0 spiro atoms. The van der Waals surface area contributed by atoms with Gasteiger partial charge in [-0.15, -0.1) is 0 Å². The summed E-state index contributed by atoms with van der Waals surface area (Å²) in [5.74, 6) is 0.817. The fraction of sp³-hybridized carbons (Fsp3) is 0.571. The van der Waals surface area contributed by atoms with Crippen molar-refractivity contribution in [2.45, 2.75) is 38.8 Å². The minimum Gasteiger partial charge on any atom is -0.508 e. The van der Waals surface area contributed by atoms with E-state index in [2.05, 4.69) is 5.32 Å². The average molecular weight is 283 g/mol. The molecule has 1 fully saturated rings. The lowest BCUT2D eigenvalue weighted by Crippen LogP contribution is -2.38. The summed E-state index contributed by atoms with van der Waals surface area (Å²) in [5, 5.41) is 13.3. The lowest BCUT2D eigenvalue weighted by Gasteiger charge is -2.27. The Hall–Kier alpha value is -1.07. The van der Waals surface area contributed by atoms with Gasteiger partial charge in [0.25, 0.3) is 0 Å². The Bertz CT molecular complexity index is 540. The number of aromatic hydroxyl groups is 1. The molecule has 106 valence electrons. The normalized spacial score (nSPS) is 21.2. The van der Waals surface area contributed by atoms with Crippen LogP contribution in [-0.4, -0.2) is 31.1 Å². The summed E-state index contributed by atoms with van der Waals surface area (Å²) in [6.45, 7) is 3.93. The van der Waals surface area contributed by atoms with Gasteiger partial charge in [0.2, 0.25) is 0 Å². The molecular weight excluding hydrogens is 262 g/mol. The molecule has 0 aliphatic carbocycles. The number of nitrogens with one attached hydrogen (secondary N) is 1. The van der Waals surface area contributed by atoms with Gasteiger partial charge in [0.05, 0.1) is 11.5 Å². The molecule has 0 saturated carbocycles. The Balaban J connectivity index is 2.00. The van der Waals surface area contributed by atoms with E-state index in [1.807, 2.05) is 26.0 Å². The summed E-state index contributed by atoms with van der Waals surface area (Å²) in [5.41, 5.74) is 1.89. The number of hydrogen-bond acceptors (Lipinski definition) is 4. The van der Waals surface area contributed by atoms with E-state index in [0.29, 0.717) is 18.6 Å². The second-order valence-electron chi connectivity index (χ2n) is 5.38. The zero-order valence-electron chi connectivity index (χ0n) is 11.4. The van der Waals surface area contributed by atoms with Crippen molar-refractivity contribution in [3.8, 4) is 5.75 Å². The van der Waals surface area contributed by atoms with E-state index < -0.39 is 9.84 Å². The van der Waals surface area contributed by atoms with Gasteiger partial charge in [-0.2, -0.15) is 0 Å².